The van der Waals surface area contributed by atoms with Crippen LogP contribution in [0.2, 0.25) is 0 Å². The molecule has 2 saturated heterocycles. The summed E-state index contributed by atoms with van der Waals surface area (Å²) in [4.78, 5) is 27.0. The van der Waals surface area contributed by atoms with Gasteiger partial charge in [0, 0.05) is 25.4 Å². The Morgan fingerprint density at radius 3 is 2.43 bits per heavy atom. The summed E-state index contributed by atoms with van der Waals surface area (Å²) in [7, 11) is 0. The Morgan fingerprint density at radius 2 is 1.70 bits per heavy atom. The van der Waals surface area contributed by atoms with Crippen LogP contribution in [0.25, 0.3) is 0 Å². The van der Waals surface area contributed by atoms with Crippen molar-refractivity contribution in [3.05, 3.63) is 0 Å². The zero-order chi connectivity index (χ0) is 21.2. The van der Waals surface area contributed by atoms with Crippen LogP contribution in [0.15, 0.2) is 0 Å². The zero-order valence-corrected chi connectivity index (χ0v) is 18.4. The van der Waals surface area contributed by atoms with E-state index in [1.165, 1.54) is 25.7 Å². The first-order chi connectivity index (χ1) is 14.7. The molecule has 2 aliphatic heterocycles. The van der Waals surface area contributed by atoms with E-state index >= 15 is 0 Å². The van der Waals surface area contributed by atoms with Crippen LogP contribution in [-0.2, 0) is 14.3 Å². The van der Waals surface area contributed by atoms with Crippen LogP contribution in [-0.4, -0.2) is 72.9 Å². The Balaban J connectivity index is 1.31. The molecule has 0 spiro atoms. The van der Waals surface area contributed by atoms with Crippen molar-refractivity contribution in [3.8, 4) is 0 Å². The summed E-state index contributed by atoms with van der Waals surface area (Å²) >= 11 is 0. The van der Waals surface area contributed by atoms with Gasteiger partial charge in [-0.05, 0) is 58.0 Å². The number of hydrogen-bond acceptors (Lipinski definition) is 5. The third-order valence-electron chi connectivity index (χ3n) is 6.99. The smallest absolute Gasteiger partial charge is 0.223 e. The third kappa shape index (κ3) is 7.50. The summed E-state index contributed by atoms with van der Waals surface area (Å²) in [6, 6.07) is -0.111. The second kappa shape index (κ2) is 12.6. The lowest BCUT2D eigenvalue weighted by molar-refractivity contribution is -0.133. The van der Waals surface area contributed by atoms with Crippen molar-refractivity contribution in [3.63, 3.8) is 0 Å². The number of nitrogens with zero attached hydrogens (tertiary/aromatic N) is 1. The van der Waals surface area contributed by atoms with Gasteiger partial charge < -0.3 is 25.4 Å². The van der Waals surface area contributed by atoms with Gasteiger partial charge in [-0.15, -0.1) is 0 Å². The molecular formula is C23H41N3O4. The molecule has 2 amide bonds. The van der Waals surface area contributed by atoms with Crippen LogP contribution in [0.5, 0.6) is 0 Å². The molecule has 3 atom stereocenters. The van der Waals surface area contributed by atoms with E-state index < -0.39 is 0 Å². The lowest BCUT2D eigenvalue weighted by atomic mass is 9.88. The highest BCUT2D eigenvalue weighted by Crippen LogP contribution is 2.26. The molecule has 3 aliphatic rings. The number of nitrogens with one attached hydrogen (secondary N) is 2. The van der Waals surface area contributed by atoms with Gasteiger partial charge >= 0.3 is 0 Å². The van der Waals surface area contributed by atoms with Crippen molar-refractivity contribution >= 4 is 11.8 Å². The van der Waals surface area contributed by atoms with E-state index in [0.717, 1.165) is 64.6 Å². The molecule has 3 N–H and O–H groups in total. The fraction of sp³-hybridized carbons (Fsp3) is 0.913. The van der Waals surface area contributed by atoms with Gasteiger partial charge in [-0.2, -0.15) is 0 Å². The molecule has 1 saturated carbocycles. The summed E-state index contributed by atoms with van der Waals surface area (Å²) in [5, 5.41) is 15.9. The highest BCUT2D eigenvalue weighted by molar-refractivity contribution is 5.79. The zero-order valence-electron chi connectivity index (χ0n) is 18.4. The molecule has 172 valence electrons. The molecule has 7 nitrogen and oxygen atoms in total. The fourth-order valence-corrected chi connectivity index (χ4v) is 5.08. The molecule has 0 aromatic heterocycles. The molecule has 3 rings (SSSR count). The van der Waals surface area contributed by atoms with Crippen molar-refractivity contribution in [2.24, 2.45) is 5.92 Å². The first-order valence-corrected chi connectivity index (χ1v) is 12.2. The number of carbonyl (C=O) groups is 2. The van der Waals surface area contributed by atoms with E-state index in [-0.39, 0.29) is 42.6 Å². The van der Waals surface area contributed by atoms with Gasteiger partial charge in [0.1, 0.15) is 6.10 Å². The highest BCUT2D eigenvalue weighted by Gasteiger charge is 2.33. The molecule has 1 aliphatic carbocycles. The minimum atomic E-state index is -0.355. The van der Waals surface area contributed by atoms with Gasteiger partial charge in [-0.25, -0.2) is 0 Å². The standard InChI is InChI=1S/C23H41N3O4/c27-17-21-20(25-23(29)18-7-3-1-4-8-18)10-9-19(30-21)11-13-24-22(28)12-16-26-14-5-2-6-15-26/h18-21,27H,1-17H2,(H,24,28)(H,25,29)/t19-,20-,21+/m1/s1. The number of carbonyl (C=O) groups excluding carboxylic acids is 2. The van der Waals surface area contributed by atoms with Crippen molar-refractivity contribution in [1.82, 2.24) is 15.5 Å². The average molecular weight is 424 g/mol. The summed E-state index contributed by atoms with van der Waals surface area (Å²) < 4.78 is 6.05. The number of hydrogen-bond donors (Lipinski definition) is 3. The molecule has 0 aromatic rings. The third-order valence-corrected chi connectivity index (χ3v) is 6.99. The second-order valence-corrected chi connectivity index (χ2v) is 9.30. The maximum absolute atomic E-state index is 12.5. The Labute approximate surface area is 181 Å². The first kappa shape index (κ1) is 23.5. The number of aliphatic hydroxyl groups is 1. The molecular weight excluding hydrogens is 382 g/mol. The predicted octanol–water partition coefficient (Wildman–Crippen LogP) is 1.97. The lowest BCUT2D eigenvalue weighted by Crippen LogP contribution is -2.52. The van der Waals surface area contributed by atoms with Gasteiger partial charge in [-0.3, -0.25) is 9.59 Å². The van der Waals surface area contributed by atoms with Crippen molar-refractivity contribution in [2.45, 2.75) is 95.3 Å². The molecule has 30 heavy (non-hydrogen) atoms. The molecule has 3 fully saturated rings. The molecule has 0 radical (unpaired) electrons. The van der Waals surface area contributed by atoms with E-state index in [4.69, 9.17) is 4.74 Å². The largest absolute Gasteiger partial charge is 0.394 e. The quantitative estimate of drug-likeness (QED) is 0.527. The summed E-state index contributed by atoms with van der Waals surface area (Å²) in [5.74, 6) is 0.352. The molecule has 2 heterocycles. The Morgan fingerprint density at radius 1 is 0.967 bits per heavy atom. The summed E-state index contributed by atoms with van der Waals surface area (Å²) in [6.45, 7) is 3.59. The Bertz CT molecular complexity index is 533. The number of amides is 2. The molecule has 0 aromatic carbocycles. The van der Waals surface area contributed by atoms with E-state index in [9.17, 15) is 14.7 Å². The van der Waals surface area contributed by atoms with Gasteiger partial charge in [0.25, 0.3) is 0 Å². The van der Waals surface area contributed by atoms with Crippen LogP contribution < -0.4 is 10.6 Å². The van der Waals surface area contributed by atoms with E-state index in [1.54, 1.807) is 0 Å². The van der Waals surface area contributed by atoms with Crippen LogP contribution in [0.4, 0.5) is 0 Å². The van der Waals surface area contributed by atoms with Gasteiger partial charge in [0.2, 0.25) is 11.8 Å². The van der Waals surface area contributed by atoms with E-state index in [1.807, 2.05) is 0 Å². The summed E-state index contributed by atoms with van der Waals surface area (Å²) in [6.07, 6.45) is 11.9. The topological polar surface area (TPSA) is 90.9 Å². The second-order valence-electron chi connectivity index (χ2n) is 9.30. The molecule has 0 bridgehead atoms. The maximum Gasteiger partial charge on any atom is 0.223 e. The monoisotopic (exact) mass is 423 g/mol. The predicted molar refractivity (Wildman–Crippen MR) is 116 cm³/mol. The van der Waals surface area contributed by atoms with Crippen molar-refractivity contribution in [1.29, 1.82) is 0 Å². The highest BCUT2D eigenvalue weighted by atomic mass is 16.5. The van der Waals surface area contributed by atoms with Gasteiger partial charge in [0.05, 0.1) is 18.8 Å². The average Bonchev–Trinajstić information content (AvgIpc) is 2.79. The minimum Gasteiger partial charge on any atom is -0.394 e. The van der Waals surface area contributed by atoms with E-state index in [2.05, 4.69) is 15.5 Å². The molecule has 7 heteroatoms. The number of aliphatic hydroxyl groups excluding tert-OH is 1. The summed E-state index contributed by atoms with van der Waals surface area (Å²) in [5.41, 5.74) is 0. The number of likely N-dealkylation sites (tertiary alicyclic amines) is 1. The van der Waals surface area contributed by atoms with Gasteiger partial charge in [-0.1, -0.05) is 25.7 Å². The number of ether oxygens (including phenoxy) is 1. The SMILES string of the molecule is O=C(CCN1CCCCC1)NCC[C@H]1CC[C@@H](NC(=O)C2CCCCC2)[C@H](CO)O1. The number of piperidine rings is 1. The van der Waals surface area contributed by atoms with Crippen LogP contribution >= 0.6 is 0 Å². The normalized spacial score (nSPS) is 28.8. The first-order valence-electron chi connectivity index (χ1n) is 12.2. The van der Waals surface area contributed by atoms with Crippen molar-refractivity contribution in [2.75, 3.05) is 32.8 Å². The van der Waals surface area contributed by atoms with Crippen LogP contribution in [0.3, 0.4) is 0 Å². The minimum absolute atomic E-state index is 0.0207. The maximum atomic E-state index is 12.5. The Hall–Kier alpha value is -1.18. The van der Waals surface area contributed by atoms with Crippen LogP contribution in [0, 0.1) is 5.92 Å². The number of rotatable bonds is 9. The fourth-order valence-electron chi connectivity index (χ4n) is 5.08. The van der Waals surface area contributed by atoms with Crippen molar-refractivity contribution < 1.29 is 19.4 Å². The van der Waals surface area contributed by atoms with Gasteiger partial charge in [0.15, 0.2) is 0 Å². The van der Waals surface area contributed by atoms with Crippen LogP contribution in [0.1, 0.15) is 77.0 Å². The van der Waals surface area contributed by atoms with E-state index in [0.29, 0.717) is 13.0 Å². The Kier molecular flexibility index (Phi) is 9.88. The molecule has 0 unspecified atom stereocenters. The lowest BCUT2D eigenvalue weighted by Gasteiger charge is -2.37.